The van der Waals surface area contributed by atoms with Gasteiger partial charge in [0.05, 0.1) is 0 Å². The number of anilines is 1. The Balaban J connectivity index is 1.38. The number of urea groups is 1. The van der Waals surface area contributed by atoms with Crippen molar-refractivity contribution >= 4 is 23.7 Å². The molecule has 1 aliphatic rings. The molecule has 1 heterocycles. The molecule has 0 atom stereocenters. The maximum atomic E-state index is 12.9. The van der Waals surface area contributed by atoms with E-state index in [1.165, 1.54) is 12.1 Å². The molecule has 146 valence electrons. The van der Waals surface area contributed by atoms with Gasteiger partial charge in [0, 0.05) is 31.4 Å². The Labute approximate surface area is 164 Å². The second kappa shape index (κ2) is 9.69. The van der Waals surface area contributed by atoms with E-state index in [2.05, 4.69) is 10.6 Å². The molecule has 3 rings (SSSR count). The molecule has 2 N–H and O–H groups in total. The Kier molecular flexibility index (Phi) is 6.78. The maximum Gasteiger partial charge on any atom is 0.321 e. The summed E-state index contributed by atoms with van der Waals surface area (Å²) in [6, 6.07) is 15.2. The molecule has 5 nitrogen and oxygen atoms in total. The Morgan fingerprint density at radius 3 is 2.39 bits per heavy atom. The molecule has 1 saturated heterocycles. The van der Waals surface area contributed by atoms with Crippen LogP contribution in [0.4, 0.5) is 14.9 Å². The van der Waals surface area contributed by atoms with Crippen LogP contribution in [0.15, 0.2) is 60.7 Å². The number of amides is 3. The van der Waals surface area contributed by atoms with Crippen LogP contribution in [-0.2, 0) is 4.79 Å². The fraction of sp³-hybridized carbons (Fsp3) is 0.273. The van der Waals surface area contributed by atoms with Gasteiger partial charge in [-0.1, -0.05) is 30.3 Å². The van der Waals surface area contributed by atoms with E-state index in [0.29, 0.717) is 31.2 Å². The first-order valence-corrected chi connectivity index (χ1v) is 9.42. The molecule has 3 amide bonds. The Bertz CT molecular complexity index is 813. The lowest BCUT2D eigenvalue weighted by atomic mass is 9.97. The number of nitrogens with zero attached hydrogens (tertiary/aromatic N) is 1. The molecular formula is C22H24FN3O2. The third kappa shape index (κ3) is 5.94. The number of hydrogen-bond donors (Lipinski definition) is 2. The zero-order chi connectivity index (χ0) is 19.8. The van der Waals surface area contributed by atoms with E-state index in [9.17, 15) is 14.0 Å². The molecule has 2 aromatic rings. The average Bonchev–Trinajstić information content (AvgIpc) is 2.73. The summed E-state index contributed by atoms with van der Waals surface area (Å²) >= 11 is 0. The molecule has 1 aliphatic heterocycles. The predicted molar refractivity (Wildman–Crippen MR) is 108 cm³/mol. The van der Waals surface area contributed by atoms with Crippen molar-refractivity contribution in [3.63, 3.8) is 0 Å². The zero-order valence-electron chi connectivity index (χ0n) is 15.6. The van der Waals surface area contributed by atoms with E-state index >= 15 is 0 Å². The van der Waals surface area contributed by atoms with E-state index in [4.69, 9.17) is 0 Å². The van der Waals surface area contributed by atoms with Crippen LogP contribution in [0, 0.1) is 11.7 Å². The van der Waals surface area contributed by atoms with Crippen molar-refractivity contribution in [3.05, 3.63) is 72.1 Å². The number of benzene rings is 2. The van der Waals surface area contributed by atoms with Gasteiger partial charge in [-0.05, 0) is 54.7 Å². The summed E-state index contributed by atoms with van der Waals surface area (Å²) in [6.45, 7) is 1.87. The summed E-state index contributed by atoms with van der Waals surface area (Å²) in [7, 11) is 0. The standard InChI is InChI=1S/C22H24FN3O2/c23-19-7-9-20(10-8-19)25-22(28)26-14-12-18(13-15-26)16-24-21(27)11-6-17-4-2-1-3-5-17/h1-11,18H,12-16H2,(H,24,27)(H,25,28)/b11-6+. The summed E-state index contributed by atoms with van der Waals surface area (Å²) in [6.07, 6.45) is 5.00. The van der Waals surface area contributed by atoms with Gasteiger partial charge < -0.3 is 15.5 Å². The van der Waals surface area contributed by atoms with Gasteiger partial charge in [-0.2, -0.15) is 0 Å². The molecule has 6 heteroatoms. The highest BCUT2D eigenvalue weighted by molar-refractivity contribution is 5.91. The lowest BCUT2D eigenvalue weighted by Gasteiger charge is -2.32. The van der Waals surface area contributed by atoms with E-state index in [-0.39, 0.29) is 17.8 Å². The minimum atomic E-state index is -0.334. The topological polar surface area (TPSA) is 61.4 Å². The molecule has 0 bridgehead atoms. The molecular weight excluding hydrogens is 357 g/mol. The van der Waals surface area contributed by atoms with Gasteiger partial charge in [0.2, 0.25) is 5.91 Å². The first-order valence-electron chi connectivity index (χ1n) is 9.42. The highest BCUT2D eigenvalue weighted by Crippen LogP contribution is 2.18. The molecule has 0 spiro atoms. The Morgan fingerprint density at radius 2 is 1.71 bits per heavy atom. The smallest absolute Gasteiger partial charge is 0.321 e. The van der Waals surface area contributed by atoms with Crippen LogP contribution in [-0.4, -0.2) is 36.5 Å². The van der Waals surface area contributed by atoms with Crippen molar-refractivity contribution in [2.75, 3.05) is 25.0 Å². The van der Waals surface area contributed by atoms with Crippen LogP contribution in [0.25, 0.3) is 6.08 Å². The lowest BCUT2D eigenvalue weighted by Crippen LogP contribution is -2.43. The largest absolute Gasteiger partial charge is 0.352 e. The summed E-state index contributed by atoms with van der Waals surface area (Å²) in [5.41, 5.74) is 1.56. The highest BCUT2D eigenvalue weighted by atomic mass is 19.1. The van der Waals surface area contributed by atoms with Crippen LogP contribution in [0.1, 0.15) is 18.4 Å². The SMILES string of the molecule is O=C(/C=C/c1ccccc1)NCC1CCN(C(=O)Nc2ccc(F)cc2)CC1. The van der Waals surface area contributed by atoms with Crippen molar-refractivity contribution in [3.8, 4) is 0 Å². The van der Waals surface area contributed by atoms with Crippen LogP contribution < -0.4 is 10.6 Å². The summed E-state index contributed by atoms with van der Waals surface area (Å²) in [4.78, 5) is 26.0. The average molecular weight is 381 g/mol. The highest BCUT2D eigenvalue weighted by Gasteiger charge is 2.23. The number of piperidine rings is 1. The fourth-order valence-corrected chi connectivity index (χ4v) is 3.12. The second-order valence-corrected chi connectivity index (χ2v) is 6.86. The van der Waals surface area contributed by atoms with E-state index in [1.54, 1.807) is 29.2 Å². The van der Waals surface area contributed by atoms with Crippen LogP contribution >= 0.6 is 0 Å². The van der Waals surface area contributed by atoms with Crippen molar-refractivity contribution in [2.24, 2.45) is 5.92 Å². The van der Waals surface area contributed by atoms with Gasteiger partial charge in [0.15, 0.2) is 0 Å². The zero-order valence-corrected chi connectivity index (χ0v) is 15.6. The predicted octanol–water partition coefficient (Wildman–Crippen LogP) is 3.90. The first-order chi connectivity index (χ1) is 13.6. The quantitative estimate of drug-likeness (QED) is 0.772. The molecule has 0 aliphatic carbocycles. The number of likely N-dealkylation sites (tertiary alicyclic amines) is 1. The Hall–Kier alpha value is -3.15. The molecule has 0 radical (unpaired) electrons. The number of carbonyl (C=O) groups is 2. The van der Waals surface area contributed by atoms with Crippen molar-refractivity contribution in [1.82, 2.24) is 10.2 Å². The van der Waals surface area contributed by atoms with Gasteiger partial charge in [-0.15, -0.1) is 0 Å². The first kappa shape index (κ1) is 19.6. The molecule has 1 fully saturated rings. The molecule has 28 heavy (non-hydrogen) atoms. The van der Waals surface area contributed by atoms with Crippen LogP contribution in [0.3, 0.4) is 0 Å². The molecule has 0 saturated carbocycles. The summed E-state index contributed by atoms with van der Waals surface area (Å²) < 4.78 is 12.9. The summed E-state index contributed by atoms with van der Waals surface area (Å²) in [5, 5.41) is 5.71. The third-order valence-corrected chi connectivity index (χ3v) is 4.79. The number of rotatable bonds is 5. The maximum absolute atomic E-state index is 12.9. The minimum Gasteiger partial charge on any atom is -0.352 e. The number of halogens is 1. The van der Waals surface area contributed by atoms with Crippen molar-refractivity contribution in [1.29, 1.82) is 0 Å². The second-order valence-electron chi connectivity index (χ2n) is 6.86. The van der Waals surface area contributed by atoms with E-state index in [0.717, 1.165) is 18.4 Å². The van der Waals surface area contributed by atoms with E-state index < -0.39 is 0 Å². The fourth-order valence-electron chi connectivity index (χ4n) is 3.12. The minimum absolute atomic E-state index is 0.111. The molecule has 0 unspecified atom stereocenters. The van der Waals surface area contributed by atoms with Gasteiger partial charge >= 0.3 is 6.03 Å². The molecule has 2 aromatic carbocycles. The van der Waals surface area contributed by atoms with Gasteiger partial charge in [0.25, 0.3) is 0 Å². The number of hydrogen-bond acceptors (Lipinski definition) is 2. The number of carbonyl (C=O) groups excluding carboxylic acids is 2. The number of nitrogens with one attached hydrogen (secondary N) is 2. The van der Waals surface area contributed by atoms with Gasteiger partial charge in [0.1, 0.15) is 5.82 Å². The normalized spacial score (nSPS) is 14.8. The Morgan fingerprint density at radius 1 is 1.04 bits per heavy atom. The van der Waals surface area contributed by atoms with E-state index in [1.807, 2.05) is 30.3 Å². The lowest BCUT2D eigenvalue weighted by molar-refractivity contribution is -0.116. The van der Waals surface area contributed by atoms with Gasteiger partial charge in [-0.3, -0.25) is 4.79 Å². The van der Waals surface area contributed by atoms with Crippen LogP contribution in [0.5, 0.6) is 0 Å². The third-order valence-electron chi connectivity index (χ3n) is 4.79. The monoisotopic (exact) mass is 381 g/mol. The summed E-state index contributed by atoms with van der Waals surface area (Å²) in [5.74, 6) is -0.0937. The van der Waals surface area contributed by atoms with Crippen molar-refractivity contribution < 1.29 is 14.0 Å². The van der Waals surface area contributed by atoms with Gasteiger partial charge in [-0.25, -0.2) is 9.18 Å². The molecule has 0 aromatic heterocycles. The van der Waals surface area contributed by atoms with Crippen LogP contribution in [0.2, 0.25) is 0 Å². The van der Waals surface area contributed by atoms with Crippen molar-refractivity contribution in [2.45, 2.75) is 12.8 Å².